The molecule has 0 saturated heterocycles. The van der Waals surface area contributed by atoms with Crippen LogP contribution in [0.4, 0.5) is 10.5 Å². The highest BCUT2D eigenvalue weighted by Crippen LogP contribution is 2.30. The van der Waals surface area contributed by atoms with E-state index in [0.29, 0.717) is 29.6 Å². The maximum Gasteiger partial charge on any atom is 0.319 e. The van der Waals surface area contributed by atoms with Crippen LogP contribution in [-0.2, 0) is 0 Å². The number of nitrogens with zero attached hydrogens (tertiary/aromatic N) is 2. The maximum absolute atomic E-state index is 12.3. The largest absolute Gasteiger partial charge is 0.493 e. The fraction of sp³-hybridized carbons (Fsp3) is 0.227. The first-order valence-electron chi connectivity index (χ1n) is 9.36. The van der Waals surface area contributed by atoms with E-state index in [9.17, 15) is 4.79 Å². The molecule has 1 unspecified atom stereocenters. The van der Waals surface area contributed by atoms with E-state index in [0.717, 1.165) is 11.1 Å². The molecule has 0 aliphatic carbocycles. The van der Waals surface area contributed by atoms with Crippen LogP contribution in [0.15, 0.2) is 60.9 Å². The van der Waals surface area contributed by atoms with Gasteiger partial charge in [0.05, 0.1) is 37.8 Å². The van der Waals surface area contributed by atoms with Gasteiger partial charge in [-0.15, -0.1) is 0 Å². The van der Waals surface area contributed by atoms with Gasteiger partial charge in [-0.3, -0.25) is 0 Å². The molecule has 0 radical (unpaired) electrons. The van der Waals surface area contributed by atoms with Crippen LogP contribution in [0.1, 0.15) is 25.5 Å². The van der Waals surface area contributed by atoms with Crippen LogP contribution in [0.5, 0.6) is 11.5 Å². The first-order valence-corrected chi connectivity index (χ1v) is 9.36. The fourth-order valence-electron chi connectivity index (χ4n) is 2.80. The molecular formula is C22H24N4O3. The summed E-state index contributed by atoms with van der Waals surface area (Å²) in [5.41, 5.74) is 2.33. The Bertz CT molecular complexity index is 946. The van der Waals surface area contributed by atoms with Gasteiger partial charge in [-0.25, -0.2) is 14.8 Å². The van der Waals surface area contributed by atoms with Crippen LogP contribution in [-0.4, -0.2) is 29.7 Å². The van der Waals surface area contributed by atoms with E-state index in [1.165, 1.54) is 0 Å². The number of amides is 2. The van der Waals surface area contributed by atoms with Crippen molar-refractivity contribution in [2.45, 2.75) is 19.9 Å². The zero-order chi connectivity index (χ0) is 20.6. The zero-order valence-corrected chi connectivity index (χ0v) is 16.7. The summed E-state index contributed by atoms with van der Waals surface area (Å²) in [4.78, 5) is 21.0. The van der Waals surface area contributed by atoms with Crippen LogP contribution < -0.4 is 20.1 Å². The van der Waals surface area contributed by atoms with Gasteiger partial charge in [0, 0.05) is 5.56 Å². The smallest absolute Gasteiger partial charge is 0.319 e. The summed E-state index contributed by atoms with van der Waals surface area (Å²) in [5, 5.41) is 5.64. The van der Waals surface area contributed by atoms with Crippen molar-refractivity contribution in [2.75, 3.05) is 19.0 Å². The van der Waals surface area contributed by atoms with Crippen molar-refractivity contribution in [2.24, 2.45) is 0 Å². The third kappa shape index (κ3) is 5.22. The molecule has 2 N–H and O–H groups in total. The van der Waals surface area contributed by atoms with Gasteiger partial charge < -0.3 is 20.1 Å². The molecule has 7 nitrogen and oxygen atoms in total. The van der Waals surface area contributed by atoms with Crippen molar-refractivity contribution in [3.8, 4) is 22.9 Å². The van der Waals surface area contributed by atoms with Gasteiger partial charge in [0.1, 0.15) is 0 Å². The van der Waals surface area contributed by atoms with Crippen LogP contribution in [0.25, 0.3) is 11.4 Å². The Labute approximate surface area is 170 Å². The molecular weight excluding hydrogens is 368 g/mol. The second kappa shape index (κ2) is 9.54. The lowest BCUT2D eigenvalue weighted by atomic mass is 10.1. The summed E-state index contributed by atoms with van der Waals surface area (Å²) < 4.78 is 10.9. The van der Waals surface area contributed by atoms with Gasteiger partial charge in [-0.1, -0.05) is 36.4 Å². The van der Waals surface area contributed by atoms with Gasteiger partial charge in [0.15, 0.2) is 17.3 Å². The van der Waals surface area contributed by atoms with Crippen LogP contribution >= 0.6 is 0 Å². The zero-order valence-electron chi connectivity index (χ0n) is 16.7. The first kappa shape index (κ1) is 20.1. The molecule has 3 aromatic rings. The van der Waals surface area contributed by atoms with Crippen molar-refractivity contribution < 1.29 is 14.3 Å². The maximum atomic E-state index is 12.3. The van der Waals surface area contributed by atoms with Crippen molar-refractivity contribution in [3.63, 3.8) is 0 Å². The molecule has 1 heterocycles. The Balaban J connectivity index is 1.61. The lowest BCUT2D eigenvalue weighted by Gasteiger charge is -2.17. The van der Waals surface area contributed by atoms with Gasteiger partial charge >= 0.3 is 6.03 Å². The van der Waals surface area contributed by atoms with E-state index < -0.39 is 0 Å². The second-order valence-corrected chi connectivity index (χ2v) is 6.32. The minimum absolute atomic E-state index is 0.232. The van der Waals surface area contributed by atoms with Crippen LogP contribution in [0, 0.1) is 0 Å². The Morgan fingerprint density at radius 3 is 2.45 bits per heavy atom. The molecule has 0 aliphatic heterocycles. The van der Waals surface area contributed by atoms with E-state index in [1.807, 2.05) is 62.4 Å². The number of methoxy groups -OCH3 is 1. The van der Waals surface area contributed by atoms with E-state index in [4.69, 9.17) is 9.47 Å². The SMILES string of the molecule is CCOc1ccc(C(C)NC(=O)Nc2cnc(-c3ccccc3)nc2)cc1OC. The normalized spacial score (nSPS) is 11.4. The average molecular weight is 392 g/mol. The van der Waals surface area contributed by atoms with Gasteiger partial charge in [-0.05, 0) is 31.5 Å². The molecule has 1 atom stereocenters. The standard InChI is InChI=1S/C22H24N4O3/c1-4-29-19-11-10-17(12-20(19)28-3)15(2)25-22(27)26-18-13-23-21(24-14-18)16-8-6-5-7-9-16/h5-15H,4H2,1-3H3,(H2,25,26,27). The third-order valence-electron chi connectivity index (χ3n) is 4.28. The monoisotopic (exact) mass is 392 g/mol. The van der Waals surface area contributed by atoms with Gasteiger partial charge in [-0.2, -0.15) is 0 Å². The molecule has 0 saturated carbocycles. The molecule has 0 aliphatic rings. The summed E-state index contributed by atoms with van der Waals surface area (Å²) in [6, 6.07) is 14.7. The number of ether oxygens (including phenoxy) is 2. The number of carbonyl (C=O) groups excluding carboxylic acids is 1. The highest BCUT2D eigenvalue weighted by molar-refractivity contribution is 5.89. The number of urea groups is 1. The number of rotatable bonds is 7. The number of anilines is 1. The van der Waals surface area contributed by atoms with E-state index in [-0.39, 0.29) is 12.1 Å². The van der Waals surface area contributed by atoms with Crippen LogP contribution in [0.3, 0.4) is 0 Å². The number of hydrogen-bond donors (Lipinski definition) is 2. The molecule has 3 rings (SSSR count). The Morgan fingerprint density at radius 1 is 1.07 bits per heavy atom. The number of benzene rings is 2. The summed E-state index contributed by atoms with van der Waals surface area (Å²) in [7, 11) is 1.59. The number of aromatic nitrogens is 2. The minimum Gasteiger partial charge on any atom is -0.493 e. The highest BCUT2D eigenvalue weighted by atomic mass is 16.5. The summed E-state index contributed by atoms with van der Waals surface area (Å²) in [6.07, 6.45) is 3.17. The predicted octanol–water partition coefficient (Wildman–Crippen LogP) is 4.43. The van der Waals surface area contributed by atoms with Crippen molar-refractivity contribution in [1.82, 2.24) is 15.3 Å². The lowest BCUT2D eigenvalue weighted by molar-refractivity contribution is 0.249. The molecule has 2 amide bonds. The summed E-state index contributed by atoms with van der Waals surface area (Å²) in [5.74, 6) is 1.90. The quantitative estimate of drug-likeness (QED) is 0.621. The van der Waals surface area contributed by atoms with Crippen molar-refractivity contribution in [1.29, 1.82) is 0 Å². The third-order valence-corrected chi connectivity index (χ3v) is 4.28. The topological polar surface area (TPSA) is 85.4 Å². The lowest BCUT2D eigenvalue weighted by Crippen LogP contribution is -2.31. The van der Waals surface area contributed by atoms with Crippen LogP contribution in [0.2, 0.25) is 0 Å². The number of carbonyl (C=O) groups is 1. The van der Waals surface area contributed by atoms with E-state index >= 15 is 0 Å². The second-order valence-electron chi connectivity index (χ2n) is 6.32. The molecule has 2 aromatic carbocycles. The van der Waals surface area contributed by atoms with E-state index in [1.54, 1.807) is 19.5 Å². The highest BCUT2D eigenvalue weighted by Gasteiger charge is 2.13. The number of hydrogen-bond acceptors (Lipinski definition) is 5. The fourth-order valence-corrected chi connectivity index (χ4v) is 2.80. The van der Waals surface area contributed by atoms with Gasteiger partial charge in [0.2, 0.25) is 0 Å². The summed E-state index contributed by atoms with van der Waals surface area (Å²) in [6.45, 7) is 4.36. The molecule has 0 fully saturated rings. The van der Waals surface area contributed by atoms with Crippen molar-refractivity contribution in [3.05, 3.63) is 66.5 Å². The first-order chi connectivity index (χ1) is 14.1. The Kier molecular flexibility index (Phi) is 6.63. The minimum atomic E-state index is -0.346. The number of nitrogens with one attached hydrogen (secondary N) is 2. The van der Waals surface area contributed by atoms with Crippen molar-refractivity contribution >= 4 is 11.7 Å². The van der Waals surface area contributed by atoms with Gasteiger partial charge in [0.25, 0.3) is 0 Å². The Hall–Kier alpha value is -3.61. The van der Waals surface area contributed by atoms with E-state index in [2.05, 4.69) is 20.6 Å². The average Bonchev–Trinajstić information content (AvgIpc) is 2.75. The Morgan fingerprint density at radius 2 is 1.79 bits per heavy atom. The summed E-state index contributed by atoms with van der Waals surface area (Å²) >= 11 is 0. The molecule has 7 heteroatoms. The molecule has 0 bridgehead atoms. The molecule has 150 valence electrons. The predicted molar refractivity (Wildman–Crippen MR) is 112 cm³/mol. The molecule has 0 spiro atoms. The molecule has 29 heavy (non-hydrogen) atoms. The molecule has 1 aromatic heterocycles.